The molecule has 27 heavy (non-hydrogen) atoms. The number of ketones is 1. The second-order valence-electron chi connectivity index (χ2n) is 6.60. The van der Waals surface area contributed by atoms with Crippen molar-refractivity contribution >= 4 is 11.4 Å². The van der Waals surface area contributed by atoms with Crippen molar-refractivity contribution in [1.82, 2.24) is 5.32 Å². The normalized spacial score (nSPS) is 15.7. The number of benzene rings is 2. The van der Waals surface area contributed by atoms with Gasteiger partial charge in [0.1, 0.15) is 11.6 Å². The minimum absolute atomic E-state index is 0.241. The summed E-state index contributed by atoms with van der Waals surface area (Å²) in [5.41, 5.74) is 3.84. The number of hydrogen-bond acceptors (Lipinski definition) is 2. The summed E-state index contributed by atoms with van der Waals surface area (Å²) in [6.45, 7) is 5.88. The zero-order valence-corrected chi connectivity index (χ0v) is 15.6. The van der Waals surface area contributed by atoms with Crippen LogP contribution in [0.1, 0.15) is 34.0 Å². The second kappa shape index (κ2) is 7.70. The van der Waals surface area contributed by atoms with Crippen molar-refractivity contribution in [3.8, 4) is 0 Å². The minimum Gasteiger partial charge on any atom is -0.386 e. The van der Waals surface area contributed by atoms with Gasteiger partial charge in [0.25, 0.3) is 0 Å². The first-order chi connectivity index (χ1) is 12.9. The molecule has 0 bridgehead atoms. The van der Waals surface area contributed by atoms with E-state index in [0.29, 0.717) is 12.1 Å². The van der Waals surface area contributed by atoms with E-state index in [1.807, 2.05) is 50.3 Å². The van der Waals surface area contributed by atoms with Gasteiger partial charge in [0.15, 0.2) is 0 Å². The van der Waals surface area contributed by atoms with Crippen LogP contribution in [0.25, 0.3) is 5.57 Å². The van der Waals surface area contributed by atoms with Crippen LogP contribution in [0.15, 0.2) is 65.9 Å². The topological polar surface area (TPSA) is 29.1 Å². The van der Waals surface area contributed by atoms with E-state index in [-0.39, 0.29) is 11.1 Å². The molecule has 0 saturated carbocycles. The van der Waals surface area contributed by atoms with Crippen molar-refractivity contribution in [3.63, 3.8) is 0 Å². The van der Waals surface area contributed by atoms with Crippen LogP contribution in [0.2, 0.25) is 0 Å². The van der Waals surface area contributed by atoms with Crippen LogP contribution < -0.4 is 5.32 Å². The van der Waals surface area contributed by atoms with E-state index < -0.39 is 23.0 Å². The van der Waals surface area contributed by atoms with Crippen LogP contribution in [-0.4, -0.2) is 12.3 Å². The zero-order chi connectivity index (χ0) is 19.6. The molecule has 0 radical (unpaired) electrons. The number of carbonyl (C=O) groups is 1. The van der Waals surface area contributed by atoms with Crippen molar-refractivity contribution < 1.29 is 13.6 Å². The Hall–Kier alpha value is -3.01. The maximum absolute atomic E-state index is 14.4. The molecular formula is C23H21F2NO. The Morgan fingerprint density at radius 1 is 1.07 bits per heavy atom. The second-order valence-corrected chi connectivity index (χ2v) is 6.60. The zero-order valence-electron chi connectivity index (χ0n) is 15.6. The van der Waals surface area contributed by atoms with Crippen LogP contribution in [0.3, 0.4) is 0 Å². The van der Waals surface area contributed by atoms with Crippen molar-refractivity contribution in [3.05, 3.63) is 99.8 Å². The molecule has 0 spiro atoms. The average molecular weight is 365 g/mol. The monoisotopic (exact) mass is 365 g/mol. The van der Waals surface area contributed by atoms with Gasteiger partial charge in [0.2, 0.25) is 5.78 Å². The molecule has 1 heterocycles. The smallest absolute Gasteiger partial charge is 0.200 e. The van der Waals surface area contributed by atoms with E-state index >= 15 is 0 Å². The van der Waals surface area contributed by atoms with E-state index in [1.54, 1.807) is 0 Å². The molecule has 138 valence electrons. The third kappa shape index (κ3) is 3.75. The number of allylic oxidation sites excluding steroid dienone is 3. The summed E-state index contributed by atoms with van der Waals surface area (Å²) in [6, 6.07) is 10.5. The first kappa shape index (κ1) is 18.8. The molecule has 2 aromatic carbocycles. The molecule has 0 unspecified atom stereocenters. The van der Waals surface area contributed by atoms with Crippen LogP contribution in [0.5, 0.6) is 0 Å². The highest BCUT2D eigenvalue weighted by molar-refractivity contribution is 6.12. The van der Waals surface area contributed by atoms with Gasteiger partial charge in [-0.25, -0.2) is 8.78 Å². The molecule has 3 rings (SSSR count). The molecule has 1 aliphatic rings. The summed E-state index contributed by atoms with van der Waals surface area (Å²) in [5, 5.41) is 2.99. The lowest BCUT2D eigenvalue weighted by atomic mass is 9.94. The third-order valence-corrected chi connectivity index (χ3v) is 4.67. The van der Waals surface area contributed by atoms with Gasteiger partial charge >= 0.3 is 0 Å². The predicted molar refractivity (Wildman–Crippen MR) is 104 cm³/mol. The van der Waals surface area contributed by atoms with Crippen molar-refractivity contribution in [1.29, 1.82) is 0 Å². The van der Waals surface area contributed by atoms with Crippen LogP contribution in [-0.2, 0) is 0 Å². The Kier molecular flexibility index (Phi) is 5.36. The van der Waals surface area contributed by atoms with Gasteiger partial charge in [-0.3, -0.25) is 4.79 Å². The van der Waals surface area contributed by atoms with Gasteiger partial charge < -0.3 is 5.32 Å². The van der Waals surface area contributed by atoms with Crippen LogP contribution in [0, 0.1) is 25.5 Å². The van der Waals surface area contributed by atoms with Gasteiger partial charge in [-0.1, -0.05) is 42.0 Å². The largest absolute Gasteiger partial charge is 0.386 e. The average Bonchev–Trinajstić information content (AvgIpc) is 3.12. The number of carbonyl (C=O) groups excluding carboxylic acids is 1. The van der Waals surface area contributed by atoms with E-state index in [2.05, 4.69) is 5.32 Å². The number of hydrogen-bond donors (Lipinski definition) is 1. The van der Waals surface area contributed by atoms with Crippen molar-refractivity contribution in [2.45, 2.75) is 20.8 Å². The number of Topliss-reactive ketones (excluding diaryl/α,β-unsaturated/α-hetero) is 1. The first-order valence-corrected chi connectivity index (χ1v) is 8.79. The predicted octanol–water partition coefficient (Wildman–Crippen LogP) is 5.28. The van der Waals surface area contributed by atoms with E-state index in [1.165, 1.54) is 19.2 Å². The molecule has 2 aromatic rings. The lowest BCUT2D eigenvalue weighted by molar-refractivity contribution is 0.102. The Balaban J connectivity index is 1.98. The standard InChI is InChI=1S/C23H21F2NO/c1-4-16(17-8-5-14(2)6-9-17)11-18-12-26-13-19(18)23(27)21-20(24)10-7-15(3)22(21)25/h4-11,13,26H,12H2,1-3H3/b16-4+,18-11+. The molecule has 0 amide bonds. The van der Waals surface area contributed by atoms with E-state index in [0.717, 1.165) is 22.8 Å². The number of rotatable bonds is 4. The molecule has 0 aromatic heterocycles. The number of aryl methyl sites for hydroxylation is 2. The summed E-state index contributed by atoms with van der Waals surface area (Å²) < 4.78 is 28.5. The van der Waals surface area contributed by atoms with Crippen molar-refractivity contribution in [2.75, 3.05) is 6.54 Å². The van der Waals surface area contributed by atoms with Gasteiger partial charge in [0.05, 0.1) is 5.56 Å². The quantitative estimate of drug-likeness (QED) is 0.747. The lowest BCUT2D eigenvalue weighted by Gasteiger charge is -2.10. The highest BCUT2D eigenvalue weighted by Gasteiger charge is 2.26. The molecule has 1 aliphatic heterocycles. The molecule has 1 N–H and O–H groups in total. The van der Waals surface area contributed by atoms with Gasteiger partial charge in [0, 0.05) is 18.3 Å². The third-order valence-electron chi connectivity index (χ3n) is 4.67. The maximum atomic E-state index is 14.4. The fourth-order valence-corrected chi connectivity index (χ4v) is 3.06. The molecular weight excluding hydrogens is 344 g/mol. The summed E-state index contributed by atoms with van der Waals surface area (Å²) in [5.74, 6) is -2.30. The molecule has 0 fully saturated rings. The van der Waals surface area contributed by atoms with Crippen LogP contribution >= 0.6 is 0 Å². The van der Waals surface area contributed by atoms with Gasteiger partial charge in [-0.2, -0.15) is 0 Å². The highest BCUT2D eigenvalue weighted by atomic mass is 19.1. The number of nitrogens with one attached hydrogen (secondary N) is 1. The molecule has 0 aliphatic carbocycles. The van der Waals surface area contributed by atoms with E-state index in [9.17, 15) is 13.6 Å². The summed E-state index contributed by atoms with van der Waals surface area (Å²) in [4.78, 5) is 12.9. The minimum atomic E-state index is -0.847. The fourth-order valence-electron chi connectivity index (χ4n) is 3.06. The molecule has 2 nitrogen and oxygen atoms in total. The molecule has 4 heteroatoms. The Bertz CT molecular complexity index is 982. The van der Waals surface area contributed by atoms with Crippen molar-refractivity contribution in [2.24, 2.45) is 0 Å². The Morgan fingerprint density at radius 3 is 2.44 bits per heavy atom. The molecule has 0 atom stereocenters. The Labute approximate surface area is 157 Å². The first-order valence-electron chi connectivity index (χ1n) is 8.79. The van der Waals surface area contributed by atoms with Gasteiger partial charge in [-0.05, 0) is 55.2 Å². The lowest BCUT2D eigenvalue weighted by Crippen LogP contribution is -2.11. The summed E-state index contributed by atoms with van der Waals surface area (Å²) in [6.07, 6.45) is 5.36. The maximum Gasteiger partial charge on any atom is 0.200 e. The van der Waals surface area contributed by atoms with E-state index in [4.69, 9.17) is 0 Å². The SMILES string of the molecule is C/C=C(\C=C1/CNC=C1C(=O)c1c(F)ccc(C)c1F)c1ccc(C)cc1. The van der Waals surface area contributed by atoms with Gasteiger partial charge in [-0.15, -0.1) is 0 Å². The summed E-state index contributed by atoms with van der Waals surface area (Å²) in [7, 11) is 0. The Morgan fingerprint density at radius 2 is 1.78 bits per heavy atom. The summed E-state index contributed by atoms with van der Waals surface area (Å²) >= 11 is 0. The fraction of sp³-hybridized carbons (Fsp3) is 0.174. The number of halogens is 2. The highest BCUT2D eigenvalue weighted by Crippen LogP contribution is 2.27. The molecule has 0 saturated heterocycles. The van der Waals surface area contributed by atoms with Crippen LogP contribution in [0.4, 0.5) is 8.78 Å².